The number of nitrogens with one attached hydrogen (secondary N) is 3. The number of hydrogen-bond donors (Lipinski definition) is 3. The van der Waals surface area contributed by atoms with Gasteiger partial charge in [0.15, 0.2) is 30.0 Å². The minimum absolute atomic E-state index is 0.136. The summed E-state index contributed by atoms with van der Waals surface area (Å²) in [4.78, 5) is 67.2. The quantitative estimate of drug-likeness (QED) is 0.363. The van der Waals surface area contributed by atoms with Gasteiger partial charge >= 0.3 is 23.6 Å². The highest BCUT2D eigenvalue weighted by atomic mass is 16.6. The summed E-state index contributed by atoms with van der Waals surface area (Å²) in [5.41, 5.74) is -2.27. The molecule has 14 heteroatoms. The molecule has 1 aliphatic heterocycles. The Kier molecular flexibility index (Phi) is 6.01. The van der Waals surface area contributed by atoms with Crippen LogP contribution in [0.5, 0.6) is 0 Å². The maximum atomic E-state index is 12.2. The van der Waals surface area contributed by atoms with E-state index in [1.807, 2.05) is 4.98 Å². The molecule has 1 saturated heterocycles. The Bertz CT molecular complexity index is 1210. The molecule has 1 fully saturated rings. The lowest BCUT2D eigenvalue weighted by Crippen LogP contribution is -2.55. The van der Waals surface area contributed by atoms with E-state index >= 15 is 0 Å². The number of aromatic nitrogens is 4. The molecule has 0 aliphatic carbocycles. The minimum atomic E-state index is -1.35. The monoisotopic (exact) mass is 437 g/mol. The number of hydrogen-bond acceptors (Lipinski definition) is 11. The van der Waals surface area contributed by atoms with Crippen molar-refractivity contribution < 1.29 is 33.3 Å². The Balaban J connectivity index is 2.18. The van der Waals surface area contributed by atoms with Crippen LogP contribution in [0.3, 0.4) is 0 Å². The number of ether oxygens (including phenoxy) is 4. The zero-order valence-electron chi connectivity index (χ0n) is 16.7. The summed E-state index contributed by atoms with van der Waals surface area (Å²) in [6, 6.07) is 0. The summed E-state index contributed by atoms with van der Waals surface area (Å²) >= 11 is 0. The lowest BCUT2D eigenvalue weighted by Gasteiger charge is -2.41. The highest BCUT2D eigenvalue weighted by molar-refractivity contribution is 5.72. The number of aromatic amines is 2. The van der Waals surface area contributed by atoms with Crippen molar-refractivity contribution in [2.75, 3.05) is 6.61 Å². The SMILES string of the molecule is CC(=O)O[C@H]1[C@H](OC(C)=O)[C@@H](n2cnc(=N)c3c(=O)[nH]c(=O)[nH]c32)OC[C@H]1OC(C)=O. The topological polar surface area (TPSA) is 196 Å². The minimum Gasteiger partial charge on any atom is -0.456 e. The van der Waals surface area contributed by atoms with Gasteiger partial charge in [-0.15, -0.1) is 0 Å². The second kappa shape index (κ2) is 8.51. The zero-order valence-corrected chi connectivity index (χ0v) is 16.7. The third-order valence-corrected chi connectivity index (χ3v) is 4.33. The zero-order chi connectivity index (χ0) is 22.9. The van der Waals surface area contributed by atoms with Crippen LogP contribution in [0.1, 0.15) is 27.0 Å². The van der Waals surface area contributed by atoms with Gasteiger partial charge in [0, 0.05) is 20.8 Å². The van der Waals surface area contributed by atoms with E-state index in [4.69, 9.17) is 24.4 Å². The van der Waals surface area contributed by atoms with Gasteiger partial charge in [-0.3, -0.25) is 39.1 Å². The third-order valence-electron chi connectivity index (χ3n) is 4.33. The second-order valence-electron chi connectivity index (χ2n) is 6.65. The molecule has 3 rings (SSSR count). The summed E-state index contributed by atoms with van der Waals surface area (Å²) in [6.07, 6.45) is -3.88. The van der Waals surface area contributed by atoms with Crippen molar-refractivity contribution in [3.05, 3.63) is 32.7 Å². The number of H-pyrrole nitrogens is 2. The number of carbonyl (C=O) groups is 3. The maximum absolute atomic E-state index is 12.2. The average Bonchev–Trinajstić information content (AvgIpc) is 2.63. The van der Waals surface area contributed by atoms with Crippen LogP contribution >= 0.6 is 0 Å². The molecule has 0 saturated carbocycles. The van der Waals surface area contributed by atoms with E-state index in [0.29, 0.717) is 0 Å². The first kappa shape index (κ1) is 21.9. The molecular weight excluding hydrogens is 418 g/mol. The molecular formula is C17H19N5O9. The molecule has 0 unspecified atom stereocenters. The van der Waals surface area contributed by atoms with Crippen molar-refractivity contribution in [3.8, 4) is 0 Å². The fourth-order valence-corrected chi connectivity index (χ4v) is 3.28. The predicted molar refractivity (Wildman–Crippen MR) is 98.5 cm³/mol. The van der Waals surface area contributed by atoms with Crippen molar-refractivity contribution in [2.45, 2.75) is 45.3 Å². The van der Waals surface area contributed by atoms with Crippen molar-refractivity contribution in [3.63, 3.8) is 0 Å². The lowest BCUT2D eigenvalue weighted by atomic mass is 10.0. The fourth-order valence-electron chi connectivity index (χ4n) is 3.28. The molecule has 3 N–H and O–H groups in total. The van der Waals surface area contributed by atoms with Crippen molar-refractivity contribution >= 4 is 28.9 Å². The van der Waals surface area contributed by atoms with Gasteiger partial charge < -0.3 is 18.9 Å². The Hall–Kier alpha value is -3.81. The molecule has 0 amide bonds. The molecule has 2 aromatic heterocycles. The van der Waals surface area contributed by atoms with E-state index in [9.17, 15) is 24.0 Å². The maximum Gasteiger partial charge on any atom is 0.327 e. The van der Waals surface area contributed by atoms with Crippen molar-refractivity contribution in [2.24, 2.45) is 0 Å². The summed E-state index contributed by atoms with van der Waals surface area (Å²) in [7, 11) is 0. The van der Waals surface area contributed by atoms with Crippen LogP contribution in [0.15, 0.2) is 15.9 Å². The van der Waals surface area contributed by atoms with Gasteiger partial charge in [-0.05, 0) is 0 Å². The molecule has 14 nitrogen and oxygen atoms in total. The van der Waals surface area contributed by atoms with Gasteiger partial charge in [-0.1, -0.05) is 0 Å². The van der Waals surface area contributed by atoms with Crippen LogP contribution in [0, 0.1) is 5.41 Å². The summed E-state index contributed by atoms with van der Waals surface area (Å²) < 4.78 is 22.6. The third kappa shape index (κ3) is 4.53. The van der Waals surface area contributed by atoms with Crippen molar-refractivity contribution in [1.82, 2.24) is 19.5 Å². The largest absolute Gasteiger partial charge is 0.456 e. The molecule has 1 aliphatic rings. The number of nitrogens with zero attached hydrogens (tertiary/aromatic N) is 2. The van der Waals surface area contributed by atoms with Gasteiger partial charge in [0.2, 0.25) is 0 Å². The molecule has 166 valence electrons. The molecule has 31 heavy (non-hydrogen) atoms. The Morgan fingerprint density at radius 3 is 2.29 bits per heavy atom. The molecule has 3 heterocycles. The molecule has 0 bridgehead atoms. The average molecular weight is 437 g/mol. The fraction of sp³-hybridized carbons (Fsp3) is 0.471. The van der Waals surface area contributed by atoms with E-state index in [1.54, 1.807) is 0 Å². The molecule has 0 aromatic carbocycles. The lowest BCUT2D eigenvalue weighted by molar-refractivity contribution is -0.239. The van der Waals surface area contributed by atoms with Crippen LogP contribution in [0.4, 0.5) is 0 Å². The van der Waals surface area contributed by atoms with Crippen LogP contribution in [0.25, 0.3) is 11.0 Å². The van der Waals surface area contributed by atoms with Crippen molar-refractivity contribution in [1.29, 1.82) is 5.41 Å². The van der Waals surface area contributed by atoms with Crippen LogP contribution < -0.4 is 16.7 Å². The predicted octanol–water partition coefficient (Wildman–Crippen LogP) is -1.78. The van der Waals surface area contributed by atoms with Crippen LogP contribution in [0.2, 0.25) is 0 Å². The second-order valence-corrected chi connectivity index (χ2v) is 6.65. The Morgan fingerprint density at radius 2 is 1.68 bits per heavy atom. The Morgan fingerprint density at radius 1 is 1.06 bits per heavy atom. The molecule has 4 atom stereocenters. The number of esters is 3. The van der Waals surface area contributed by atoms with E-state index < -0.39 is 59.2 Å². The summed E-state index contributed by atoms with van der Waals surface area (Å²) in [5.74, 6) is -2.18. The van der Waals surface area contributed by atoms with Gasteiger partial charge in [0.05, 0.1) is 6.61 Å². The van der Waals surface area contributed by atoms with Gasteiger partial charge in [-0.25, -0.2) is 9.78 Å². The van der Waals surface area contributed by atoms with E-state index in [2.05, 4.69) is 9.97 Å². The first-order valence-electron chi connectivity index (χ1n) is 8.99. The first-order chi connectivity index (χ1) is 14.6. The standard InChI is InChI=1S/C17H19N5O9/c1-6(23)29-9-4-28-16(12(31-8(3)25)11(9)30-7(2)24)22-5-19-13(18)10-14(22)20-17(27)21-15(10)26/h5,9,11-12,16,18H,4H2,1-3H3,(H2,20,21,26,27)/t9-,11-,12+,16+/m1/s1. The summed E-state index contributed by atoms with van der Waals surface area (Å²) in [5, 5.41) is 7.62. The molecule has 0 spiro atoms. The highest BCUT2D eigenvalue weighted by Crippen LogP contribution is 2.31. The Labute approximate surface area is 172 Å². The number of fused-ring (bicyclic) bond motifs is 1. The highest BCUT2D eigenvalue weighted by Gasteiger charge is 2.48. The van der Waals surface area contributed by atoms with Crippen LogP contribution in [-0.4, -0.2) is 62.3 Å². The van der Waals surface area contributed by atoms with Gasteiger partial charge in [0.1, 0.15) is 17.4 Å². The van der Waals surface area contributed by atoms with Crippen LogP contribution in [-0.2, 0) is 33.3 Å². The molecule has 2 aromatic rings. The molecule has 0 radical (unpaired) electrons. The first-order valence-corrected chi connectivity index (χ1v) is 8.99. The van der Waals surface area contributed by atoms with E-state index in [1.165, 1.54) is 0 Å². The summed E-state index contributed by atoms with van der Waals surface area (Å²) in [6.45, 7) is 3.10. The number of carbonyl (C=O) groups excluding carboxylic acids is 3. The van der Waals surface area contributed by atoms with E-state index in [0.717, 1.165) is 31.7 Å². The van der Waals surface area contributed by atoms with E-state index in [-0.39, 0.29) is 17.6 Å². The smallest absolute Gasteiger partial charge is 0.327 e. The van der Waals surface area contributed by atoms with Gasteiger partial charge in [-0.2, -0.15) is 0 Å². The van der Waals surface area contributed by atoms with Gasteiger partial charge in [0.25, 0.3) is 5.56 Å². The number of rotatable bonds is 4. The normalized spacial score (nSPS) is 23.2.